The SMILES string of the molecule is CCC=CC1=CC=CCC1=O. The van der Waals surface area contributed by atoms with Crippen LogP contribution in [0.2, 0.25) is 0 Å². The maximum absolute atomic E-state index is 11.1. The summed E-state index contributed by atoms with van der Waals surface area (Å²) in [5, 5.41) is 0. The van der Waals surface area contributed by atoms with Crippen LogP contribution < -0.4 is 0 Å². The Labute approximate surface area is 67.1 Å². The van der Waals surface area contributed by atoms with Crippen molar-refractivity contribution in [1.82, 2.24) is 0 Å². The number of carbonyl (C=O) groups is 1. The van der Waals surface area contributed by atoms with Crippen molar-refractivity contribution in [2.45, 2.75) is 19.8 Å². The highest BCUT2D eigenvalue weighted by Crippen LogP contribution is 2.08. The van der Waals surface area contributed by atoms with Gasteiger partial charge >= 0.3 is 0 Å². The molecule has 11 heavy (non-hydrogen) atoms. The first-order valence-corrected chi connectivity index (χ1v) is 3.91. The number of Topliss-reactive ketones (excluding diaryl/α,β-unsaturated/α-hetero) is 1. The zero-order valence-corrected chi connectivity index (χ0v) is 6.71. The van der Waals surface area contributed by atoms with Crippen molar-refractivity contribution in [3.63, 3.8) is 0 Å². The molecule has 1 nitrogen and oxygen atoms in total. The van der Waals surface area contributed by atoms with Gasteiger partial charge in [0.25, 0.3) is 0 Å². The van der Waals surface area contributed by atoms with Crippen molar-refractivity contribution in [1.29, 1.82) is 0 Å². The molecule has 0 radical (unpaired) electrons. The Bertz CT molecular complexity index is 231. The van der Waals surface area contributed by atoms with Gasteiger partial charge in [-0.05, 0) is 6.42 Å². The highest BCUT2D eigenvalue weighted by atomic mass is 16.1. The van der Waals surface area contributed by atoms with Crippen LogP contribution in [0.1, 0.15) is 19.8 Å². The van der Waals surface area contributed by atoms with Crippen molar-refractivity contribution in [2.24, 2.45) is 0 Å². The minimum atomic E-state index is 0.220. The Balaban J connectivity index is 2.68. The first-order valence-electron chi connectivity index (χ1n) is 3.91. The third kappa shape index (κ3) is 2.19. The highest BCUT2D eigenvalue weighted by Gasteiger charge is 2.05. The van der Waals surface area contributed by atoms with E-state index in [1.807, 2.05) is 30.4 Å². The van der Waals surface area contributed by atoms with Crippen molar-refractivity contribution in [3.8, 4) is 0 Å². The fourth-order valence-electron chi connectivity index (χ4n) is 0.951. The van der Waals surface area contributed by atoms with Crippen LogP contribution in [0.5, 0.6) is 0 Å². The van der Waals surface area contributed by atoms with Gasteiger partial charge in [0, 0.05) is 12.0 Å². The molecule has 0 spiro atoms. The third-order valence-corrected chi connectivity index (χ3v) is 1.57. The number of hydrogen-bond acceptors (Lipinski definition) is 1. The molecule has 0 amide bonds. The fourth-order valence-corrected chi connectivity index (χ4v) is 0.951. The van der Waals surface area contributed by atoms with Gasteiger partial charge in [0.1, 0.15) is 0 Å². The molecule has 0 bridgehead atoms. The molecule has 0 N–H and O–H groups in total. The second-order valence-corrected chi connectivity index (χ2v) is 2.49. The lowest BCUT2D eigenvalue weighted by Gasteiger charge is -2.01. The molecule has 0 aromatic carbocycles. The van der Waals surface area contributed by atoms with E-state index in [9.17, 15) is 4.79 Å². The summed E-state index contributed by atoms with van der Waals surface area (Å²) in [6.07, 6.45) is 11.1. The molecule has 0 aromatic heterocycles. The van der Waals surface area contributed by atoms with E-state index in [2.05, 4.69) is 6.92 Å². The van der Waals surface area contributed by atoms with E-state index >= 15 is 0 Å². The van der Waals surface area contributed by atoms with E-state index in [1.165, 1.54) is 0 Å². The largest absolute Gasteiger partial charge is 0.294 e. The van der Waals surface area contributed by atoms with E-state index in [0.29, 0.717) is 6.42 Å². The summed E-state index contributed by atoms with van der Waals surface area (Å²) in [4.78, 5) is 11.1. The Morgan fingerprint density at radius 1 is 1.64 bits per heavy atom. The molecular weight excluding hydrogens is 136 g/mol. The Kier molecular flexibility index (Phi) is 2.84. The average molecular weight is 148 g/mol. The summed E-state index contributed by atoms with van der Waals surface area (Å²) < 4.78 is 0. The molecule has 1 heteroatoms. The molecule has 0 heterocycles. The standard InChI is InChI=1S/C10H12O/c1-2-3-6-9-7-4-5-8-10(9)11/h3-7H,2,8H2,1H3. The van der Waals surface area contributed by atoms with E-state index in [-0.39, 0.29) is 5.78 Å². The van der Waals surface area contributed by atoms with Crippen LogP contribution in [0.25, 0.3) is 0 Å². The molecule has 0 atom stereocenters. The van der Waals surface area contributed by atoms with Gasteiger partial charge in [0.2, 0.25) is 0 Å². The average Bonchev–Trinajstić information content (AvgIpc) is 2.03. The summed E-state index contributed by atoms with van der Waals surface area (Å²) in [6, 6.07) is 0. The van der Waals surface area contributed by atoms with E-state index in [4.69, 9.17) is 0 Å². The number of allylic oxidation sites excluding steroid dienone is 6. The summed E-state index contributed by atoms with van der Waals surface area (Å²) in [6.45, 7) is 2.06. The van der Waals surface area contributed by atoms with Gasteiger partial charge in [-0.2, -0.15) is 0 Å². The summed E-state index contributed by atoms with van der Waals surface area (Å²) in [7, 11) is 0. The predicted molar refractivity (Wildman–Crippen MR) is 46.3 cm³/mol. The summed E-state index contributed by atoms with van der Waals surface area (Å²) in [5.41, 5.74) is 0.828. The second kappa shape index (κ2) is 3.91. The van der Waals surface area contributed by atoms with Crippen molar-refractivity contribution < 1.29 is 4.79 Å². The fraction of sp³-hybridized carbons (Fsp3) is 0.300. The van der Waals surface area contributed by atoms with E-state index in [1.54, 1.807) is 0 Å². The highest BCUT2D eigenvalue weighted by molar-refractivity contribution is 6.00. The van der Waals surface area contributed by atoms with Gasteiger partial charge in [0.05, 0.1) is 0 Å². The molecule has 58 valence electrons. The number of ketones is 1. The topological polar surface area (TPSA) is 17.1 Å². The van der Waals surface area contributed by atoms with Crippen molar-refractivity contribution in [3.05, 3.63) is 36.0 Å². The van der Waals surface area contributed by atoms with Gasteiger partial charge in [-0.25, -0.2) is 0 Å². The monoisotopic (exact) mass is 148 g/mol. The molecular formula is C10H12O. The van der Waals surface area contributed by atoms with Crippen LogP contribution in [0.3, 0.4) is 0 Å². The van der Waals surface area contributed by atoms with Gasteiger partial charge < -0.3 is 0 Å². The van der Waals surface area contributed by atoms with Crippen molar-refractivity contribution >= 4 is 5.78 Å². The van der Waals surface area contributed by atoms with Crippen LogP contribution in [-0.2, 0) is 4.79 Å². The van der Waals surface area contributed by atoms with E-state index < -0.39 is 0 Å². The van der Waals surface area contributed by atoms with Gasteiger partial charge in [0.15, 0.2) is 5.78 Å². The lowest BCUT2D eigenvalue weighted by molar-refractivity contribution is -0.114. The first kappa shape index (κ1) is 7.99. The Hall–Kier alpha value is -1.11. The van der Waals surface area contributed by atoms with E-state index in [0.717, 1.165) is 12.0 Å². The minimum Gasteiger partial charge on any atom is -0.294 e. The van der Waals surface area contributed by atoms with Crippen molar-refractivity contribution in [2.75, 3.05) is 0 Å². The molecule has 0 saturated heterocycles. The number of hydrogen-bond donors (Lipinski definition) is 0. The molecule has 0 aromatic rings. The smallest absolute Gasteiger partial charge is 0.166 e. The number of carbonyl (C=O) groups excluding carboxylic acids is 1. The second-order valence-electron chi connectivity index (χ2n) is 2.49. The molecule has 1 aliphatic carbocycles. The lowest BCUT2D eigenvalue weighted by atomic mass is 10.0. The maximum atomic E-state index is 11.1. The predicted octanol–water partition coefficient (Wildman–Crippen LogP) is 2.41. The molecule has 1 aliphatic rings. The normalized spacial score (nSPS) is 17.5. The maximum Gasteiger partial charge on any atom is 0.166 e. The van der Waals surface area contributed by atoms with Crippen LogP contribution in [0, 0.1) is 0 Å². The molecule has 0 aliphatic heterocycles. The van der Waals surface area contributed by atoms with Crippen LogP contribution in [0.4, 0.5) is 0 Å². The Morgan fingerprint density at radius 3 is 3.09 bits per heavy atom. The molecule has 0 unspecified atom stereocenters. The minimum absolute atomic E-state index is 0.220. The Morgan fingerprint density at radius 2 is 2.45 bits per heavy atom. The molecule has 0 saturated carbocycles. The van der Waals surface area contributed by atoms with Crippen LogP contribution >= 0.6 is 0 Å². The lowest BCUT2D eigenvalue weighted by Crippen LogP contribution is -2.00. The third-order valence-electron chi connectivity index (χ3n) is 1.57. The van der Waals surface area contributed by atoms with Gasteiger partial charge in [-0.1, -0.05) is 37.3 Å². The zero-order valence-electron chi connectivity index (χ0n) is 6.71. The quantitative estimate of drug-likeness (QED) is 0.587. The van der Waals surface area contributed by atoms with Crippen LogP contribution in [-0.4, -0.2) is 5.78 Å². The molecule has 1 rings (SSSR count). The summed E-state index contributed by atoms with van der Waals surface area (Å²) in [5.74, 6) is 0.220. The van der Waals surface area contributed by atoms with Gasteiger partial charge in [-0.3, -0.25) is 4.79 Å². The first-order chi connectivity index (χ1) is 5.34. The zero-order chi connectivity index (χ0) is 8.10. The van der Waals surface area contributed by atoms with Crippen LogP contribution in [0.15, 0.2) is 36.0 Å². The molecule has 0 fully saturated rings. The summed E-state index contributed by atoms with van der Waals surface area (Å²) >= 11 is 0. The van der Waals surface area contributed by atoms with Gasteiger partial charge in [-0.15, -0.1) is 0 Å². The number of rotatable bonds is 2.